The first kappa shape index (κ1) is 21.7. The number of rotatable bonds is 4. The molecule has 0 aliphatic carbocycles. The van der Waals surface area contributed by atoms with Gasteiger partial charge in [-0.3, -0.25) is 9.59 Å². The molecule has 1 saturated heterocycles. The minimum atomic E-state index is -0.0833. The normalized spacial score (nSPS) is 20.1. The molecule has 1 fully saturated rings. The fourth-order valence-corrected chi connectivity index (χ4v) is 5.47. The molecule has 3 heterocycles. The molecule has 2 atom stereocenters. The van der Waals surface area contributed by atoms with Gasteiger partial charge in [0, 0.05) is 18.7 Å². The molecule has 0 saturated carbocycles. The Morgan fingerprint density at radius 2 is 1.79 bits per heavy atom. The molecule has 6 nitrogen and oxygen atoms in total. The number of hydrogen-bond donors (Lipinski definition) is 0. The summed E-state index contributed by atoms with van der Waals surface area (Å²) in [5.74, 6) is 0.126. The Balaban J connectivity index is 1.47. The van der Waals surface area contributed by atoms with E-state index in [1.54, 1.807) is 16.8 Å². The molecular formula is C26H27ClN4O2. The van der Waals surface area contributed by atoms with Crippen LogP contribution in [0.3, 0.4) is 0 Å². The Morgan fingerprint density at radius 1 is 1.09 bits per heavy atom. The minimum Gasteiger partial charge on any atom is -0.336 e. The number of fused-ring (bicyclic) bond motifs is 1. The maximum absolute atomic E-state index is 13.8. The molecule has 0 N–H and O–H groups in total. The summed E-state index contributed by atoms with van der Waals surface area (Å²) in [6.07, 6.45) is 0.743. The van der Waals surface area contributed by atoms with Crippen LogP contribution in [0.5, 0.6) is 0 Å². The van der Waals surface area contributed by atoms with Crippen molar-refractivity contribution in [1.29, 1.82) is 0 Å². The number of halogens is 1. The average molecular weight is 463 g/mol. The molecule has 2 aliphatic rings. The van der Waals surface area contributed by atoms with Crippen LogP contribution in [0.4, 0.5) is 0 Å². The van der Waals surface area contributed by atoms with Gasteiger partial charge >= 0.3 is 0 Å². The van der Waals surface area contributed by atoms with Crippen molar-refractivity contribution in [1.82, 2.24) is 19.6 Å². The van der Waals surface area contributed by atoms with Crippen LogP contribution in [0.1, 0.15) is 58.4 Å². The van der Waals surface area contributed by atoms with E-state index in [0.717, 1.165) is 23.4 Å². The lowest BCUT2D eigenvalue weighted by molar-refractivity contribution is 0.0549. The number of carbonyl (C=O) groups excluding carboxylic acids is 2. The van der Waals surface area contributed by atoms with Gasteiger partial charge < -0.3 is 9.80 Å². The molecule has 33 heavy (non-hydrogen) atoms. The molecule has 2 aromatic carbocycles. The summed E-state index contributed by atoms with van der Waals surface area (Å²) in [4.78, 5) is 30.8. The number of carbonyl (C=O) groups is 2. The van der Waals surface area contributed by atoms with Crippen LogP contribution in [0.2, 0.25) is 5.02 Å². The molecule has 2 aliphatic heterocycles. The van der Waals surface area contributed by atoms with Crippen molar-refractivity contribution in [2.24, 2.45) is 5.92 Å². The predicted molar refractivity (Wildman–Crippen MR) is 128 cm³/mol. The summed E-state index contributed by atoms with van der Waals surface area (Å²) in [6.45, 7) is 7.36. The molecular weight excluding hydrogens is 436 g/mol. The summed E-state index contributed by atoms with van der Waals surface area (Å²) in [5.41, 5.74) is 3.92. The second kappa shape index (κ2) is 8.34. The highest BCUT2D eigenvalue weighted by Gasteiger charge is 2.48. The van der Waals surface area contributed by atoms with E-state index in [1.165, 1.54) is 0 Å². The van der Waals surface area contributed by atoms with E-state index < -0.39 is 0 Å². The number of benzene rings is 2. The highest BCUT2D eigenvalue weighted by atomic mass is 35.5. The molecule has 170 valence electrons. The largest absolute Gasteiger partial charge is 0.336 e. The monoisotopic (exact) mass is 462 g/mol. The maximum atomic E-state index is 13.8. The molecule has 3 aromatic rings. The summed E-state index contributed by atoms with van der Waals surface area (Å²) in [7, 11) is 0. The minimum absolute atomic E-state index is 0.00908. The molecule has 0 bridgehead atoms. The molecule has 7 heteroatoms. The fourth-order valence-electron chi connectivity index (χ4n) is 5.25. The third-order valence-corrected chi connectivity index (χ3v) is 7.05. The van der Waals surface area contributed by atoms with Crippen LogP contribution < -0.4 is 0 Å². The highest BCUT2D eigenvalue weighted by molar-refractivity contribution is 6.33. The molecule has 0 radical (unpaired) electrons. The first-order chi connectivity index (χ1) is 15.9. The van der Waals surface area contributed by atoms with Gasteiger partial charge in [-0.2, -0.15) is 5.10 Å². The van der Waals surface area contributed by atoms with Crippen LogP contribution in [-0.2, 0) is 0 Å². The van der Waals surface area contributed by atoms with Crippen LogP contribution in [0.15, 0.2) is 54.6 Å². The SMILES string of the molecule is Cc1nn(-c2ccccc2)c2c1C(C(C)C)N(C1CCN(C(=O)c3ccccc3Cl)C1)C2=O. The summed E-state index contributed by atoms with van der Waals surface area (Å²) in [6, 6.07) is 16.8. The van der Waals surface area contributed by atoms with Crippen molar-refractivity contribution in [3.05, 3.63) is 82.1 Å². The molecule has 1 aromatic heterocycles. The van der Waals surface area contributed by atoms with Crippen molar-refractivity contribution in [3.8, 4) is 5.69 Å². The van der Waals surface area contributed by atoms with Gasteiger partial charge in [-0.15, -0.1) is 0 Å². The topological polar surface area (TPSA) is 58.4 Å². The molecule has 2 amide bonds. The Bertz CT molecular complexity index is 1220. The van der Waals surface area contributed by atoms with Gasteiger partial charge in [-0.05, 0) is 43.5 Å². The van der Waals surface area contributed by atoms with Crippen LogP contribution in [-0.4, -0.2) is 50.5 Å². The van der Waals surface area contributed by atoms with Gasteiger partial charge in [0.1, 0.15) is 5.69 Å². The fraction of sp³-hybridized carbons (Fsp3) is 0.346. The zero-order chi connectivity index (χ0) is 23.3. The van der Waals surface area contributed by atoms with E-state index in [2.05, 4.69) is 13.8 Å². The summed E-state index contributed by atoms with van der Waals surface area (Å²) >= 11 is 6.27. The number of aromatic nitrogens is 2. The Morgan fingerprint density at radius 3 is 2.48 bits per heavy atom. The second-order valence-corrected chi connectivity index (χ2v) is 9.58. The summed E-state index contributed by atoms with van der Waals surface area (Å²) < 4.78 is 1.78. The van der Waals surface area contributed by atoms with Gasteiger partial charge in [-0.25, -0.2) is 4.68 Å². The predicted octanol–water partition coefficient (Wildman–Crippen LogP) is 4.90. The van der Waals surface area contributed by atoms with Crippen molar-refractivity contribution >= 4 is 23.4 Å². The number of hydrogen-bond acceptors (Lipinski definition) is 3. The highest BCUT2D eigenvalue weighted by Crippen LogP contribution is 2.44. The average Bonchev–Trinajstić information content (AvgIpc) is 3.49. The van der Waals surface area contributed by atoms with Crippen LogP contribution in [0.25, 0.3) is 5.69 Å². The van der Waals surface area contributed by atoms with E-state index in [9.17, 15) is 9.59 Å². The number of aryl methyl sites for hydroxylation is 1. The van der Waals surface area contributed by atoms with E-state index >= 15 is 0 Å². The van der Waals surface area contributed by atoms with Gasteiger partial charge in [0.15, 0.2) is 0 Å². The Kier molecular flexibility index (Phi) is 5.49. The Hall–Kier alpha value is -3.12. The maximum Gasteiger partial charge on any atom is 0.273 e. The molecule has 5 rings (SSSR count). The standard InChI is InChI=1S/C26H27ClN4O2/c1-16(2)23-22-17(3)28-31(18-9-5-4-6-10-18)24(22)26(33)30(23)19-13-14-29(15-19)25(32)20-11-7-8-12-21(20)27/h4-12,16,19,23H,13-15H2,1-3H3. The lowest BCUT2D eigenvalue weighted by atomic mass is 9.95. The van der Waals surface area contributed by atoms with E-state index in [-0.39, 0.29) is 29.8 Å². The number of amides is 2. The summed E-state index contributed by atoms with van der Waals surface area (Å²) in [5, 5.41) is 5.18. The second-order valence-electron chi connectivity index (χ2n) is 9.17. The van der Waals surface area contributed by atoms with Crippen molar-refractivity contribution < 1.29 is 9.59 Å². The van der Waals surface area contributed by atoms with E-state index in [1.807, 2.05) is 59.2 Å². The Labute approximate surface area is 198 Å². The number of nitrogens with zero attached hydrogens (tertiary/aromatic N) is 4. The zero-order valence-corrected chi connectivity index (χ0v) is 19.8. The van der Waals surface area contributed by atoms with Gasteiger partial charge in [0.25, 0.3) is 11.8 Å². The lowest BCUT2D eigenvalue weighted by Crippen LogP contribution is -2.43. The number of likely N-dealkylation sites (tertiary alicyclic amines) is 1. The van der Waals surface area contributed by atoms with Gasteiger partial charge in [-0.1, -0.05) is 55.8 Å². The van der Waals surface area contributed by atoms with Crippen molar-refractivity contribution in [3.63, 3.8) is 0 Å². The van der Waals surface area contributed by atoms with Crippen LogP contribution >= 0.6 is 11.6 Å². The smallest absolute Gasteiger partial charge is 0.273 e. The third-order valence-electron chi connectivity index (χ3n) is 6.72. The quantitative estimate of drug-likeness (QED) is 0.554. The first-order valence-corrected chi connectivity index (χ1v) is 11.8. The van der Waals surface area contributed by atoms with E-state index in [0.29, 0.717) is 29.4 Å². The van der Waals surface area contributed by atoms with Gasteiger partial charge in [0.05, 0.1) is 34.1 Å². The lowest BCUT2D eigenvalue weighted by Gasteiger charge is -2.33. The van der Waals surface area contributed by atoms with Crippen molar-refractivity contribution in [2.45, 2.75) is 39.3 Å². The zero-order valence-electron chi connectivity index (χ0n) is 19.0. The van der Waals surface area contributed by atoms with Crippen LogP contribution in [0, 0.1) is 12.8 Å². The molecule has 0 spiro atoms. The van der Waals surface area contributed by atoms with Crippen molar-refractivity contribution in [2.75, 3.05) is 13.1 Å². The van der Waals surface area contributed by atoms with E-state index in [4.69, 9.17) is 16.7 Å². The molecule has 2 unspecified atom stereocenters. The third kappa shape index (κ3) is 3.53. The number of para-hydroxylation sites is 1. The first-order valence-electron chi connectivity index (χ1n) is 11.4. The van der Waals surface area contributed by atoms with Gasteiger partial charge in [0.2, 0.25) is 0 Å².